The Balaban J connectivity index is 2.64. The third-order valence-electron chi connectivity index (χ3n) is 2.71. The van der Waals surface area contributed by atoms with E-state index in [0.717, 1.165) is 12.3 Å². The number of rotatable bonds is 3. The molecule has 0 saturated heterocycles. The molecule has 0 bridgehead atoms. The van der Waals surface area contributed by atoms with Crippen LogP contribution in [0.3, 0.4) is 0 Å². The summed E-state index contributed by atoms with van der Waals surface area (Å²) in [5.41, 5.74) is 0.657. The first-order valence-corrected chi connectivity index (χ1v) is 7.49. The zero-order valence-electron chi connectivity index (χ0n) is 10.5. The van der Waals surface area contributed by atoms with E-state index >= 15 is 0 Å². The fourth-order valence-corrected chi connectivity index (χ4v) is 2.75. The summed E-state index contributed by atoms with van der Waals surface area (Å²) in [5.74, 6) is -0.714. The minimum atomic E-state index is -3.42. The molecule has 0 amide bonds. The van der Waals surface area contributed by atoms with Gasteiger partial charge in [-0.3, -0.25) is 0 Å². The summed E-state index contributed by atoms with van der Waals surface area (Å²) in [7, 11) is -3.42. The Morgan fingerprint density at radius 1 is 1.15 bits per heavy atom. The molecule has 0 spiro atoms. The van der Waals surface area contributed by atoms with Crippen LogP contribution < -0.4 is 0 Å². The number of benzene rings is 2. The number of hydrogen-bond acceptors (Lipinski definition) is 4. The van der Waals surface area contributed by atoms with Crippen molar-refractivity contribution in [1.29, 1.82) is 0 Å². The largest absolute Gasteiger partial charge is 0.240 e. The van der Waals surface area contributed by atoms with E-state index in [-0.39, 0.29) is 10.6 Å². The van der Waals surface area contributed by atoms with Gasteiger partial charge in [-0.15, -0.1) is 0 Å². The quantitative estimate of drug-likeness (QED) is 0.645. The molecule has 102 valence electrons. The number of carbonyl (C=O) groups excluding carboxylic acids is 1. The number of hydrogen-bond donors (Lipinski definition) is 0. The van der Waals surface area contributed by atoms with Crippen LogP contribution in [0.2, 0.25) is 0 Å². The molecular weight excluding hydrogens is 281 g/mol. The van der Waals surface area contributed by atoms with Crippen LogP contribution in [0.5, 0.6) is 0 Å². The Morgan fingerprint density at radius 2 is 1.85 bits per heavy atom. The fourth-order valence-electron chi connectivity index (χ4n) is 1.84. The summed E-state index contributed by atoms with van der Waals surface area (Å²) in [6.45, 7) is 0. The van der Waals surface area contributed by atoms with Crippen LogP contribution in [-0.2, 0) is 14.6 Å². The van der Waals surface area contributed by atoms with E-state index in [1.807, 2.05) is 0 Å². The normalized spacial score (nSPS) is 10.9. The smallest absolute Gasteiger partial charge is 0.224 e. The predicted octanol–water partition coefficient (Wildman–Crippen LogP) is 2.86. The molecule has 0 aliphatic heterocycles. The second-order valence-electron chi connectivity index (χ2n) is 4.14. The lowest BCUT2D eigenvalue weighted by molar-refractivity contribution is 0.564. The summed E-state index contributed by atoms with van der Waals surface area (Å²) >= 11 is 0. The fraction of sp³-hybridized carbons (Fsp3) is 0.0714. The van der Waals surface area contributed by atoms with Crippen molar-refractivity contribution in [2.45, 2.75) is 4.90 Å². The van der Waals surface area contributed by atoms with Gasteiger partial charge in [0, 0.05) is 11.8 Å². The molecular formula is C14H10FNO3S. The van der Waals surface area contributed by atoms with Gasteiger partial charge in [0.25, 0.3) is 0 Å². The van der Waals surface area contributed by atoms with Crippen LogP contribution in [0.1, 0.15) is 0 Å². The summed E-state index contributed by atoms with van der Waals surface area (Å²) in [5, 5.41) is 0. The van der Waals surface area contributed by atoms with Crippen LogP contribution in [0, 0.1) is 5.82 Å². The molecule has 0 saturated carbocycles. The zero-order valence-corrected chi connectivity index (χ0v) is 11.3. The van der Waals surface area contributed by atoms with Gasteiger partial charge in [-0.2, -0.15) is 4.99 Å². The van der Waals surface area contributed by atoms with E-state index in [1.165, 1.54) is 24.3 Å². The molecule has 2 aromatic carbocycles. The summed E-state index contributed by atoms with van der Waals surface area (Å²) in [4.78, 5) is 13.5. The van der Waals surface area contributed by atoms with Crippen molar-refractivity contribution in [3.8, 4) is 11.1 Å². The van der Waals surface area contributed by atoms with Crippen molar-refractivity contribution in [2.24, 2.45) is 4.99 Å². The van der Waals surface area contributed by atoms with Crippen molar-refractivity contribution >= 4 is 21.6 Å². The molecule has 2 rings (SSSR count). The lowest BCUT2D eigenvalue weighted by Gasteiger charge is -2.08. The predicted molar refractivity (Wildman–Crippen MR) is 72.7 cm³/mol. The molecule has 0 aliphatic carbocycles. The number of halogens is 1. The van der Waals surface area contributed by atoms with Gasteiger partial charge in [0.05, 0.1) is 4.90 Å². The van der Waals surface area contributed by atoms with E-state index in [9.17, 15) is 17.6 Å². The number of nitrogens with zero attached hydrogens (tertiary/aromatic N) is 1. The summed E-state index contributed by atoms with van der Waals surface area (Å²) in [6, 6.07) is 10.3. The van der Waals surface area contributed by atoms with Gasteiger partial charge >= 0.3 is 0 Å². The maximum absolute atomic E-state index is 13.7. The highest BCUT2D eigenvalue weighted by atomic mass is 32.2. The van der Waals surface area contributed by atoms with Gasteiger partial charge in [-0.05, 0) is 23.8 Å². The molecule has 0 aromatic heterocycles. The average Bonchev–Trinajstić information content (AvgIpc) is 2.40. The molecule has 0 heterocycles. The van der Waals surface area contributed by atoms with E-state index in [4.69, 9.17) is 0 Å². The number of aliphatic imine (C=N–C) groups is 1. The lowest BCUT2D eigenvalue weighted by Crippen LogP contribution is -1.99. The maximum atomic E-state index is 13.7. The number of isocyanates is 1. The van der Waals surface area contributed by atoms with Crippen LogP contribution in [0.15, 0.2) is 52.4 Å². The molecule has 4 nitrogen and oxygen atoms in total. The Hall–Kier alpha value is -2.30. The van der Waals surface area contributed by atoms with E-state index in [1.54, 1.807) is 18.2 Å². The second kappa shape index (κ2) is 5.36. The van der Waals surface area contributed by atoms with E-state index < -0.39 is 15.7 Å². The molecule has 6 heteroatoms. The van der Waals surface area contributed by atoms with Gasteiger partial charge in [-0.1, -0.05) is 24.3 Å². The molecule has 0 radical (unpaired) electrons. The Morgan fingerprint density at radius 3 is 2.45 bits per heavy atom. The minimum Gasteiger partial charge on any atom is -0.224 e. The van der Waals surface area contributed by atoms with Crippen molar-refractivity contribution in [3.63, 3.8) is 0 Å². The SMILES string of the molecule is CS(=O)(=O)c1ccccc1-c1ccc(N=C=O)c(F)c1. The lowest BCUT2D eigenvalue weighted by atomic mass is 10.1. The van der Waals surface area contributed by atoms with E-state index in [0.29, 0.717) is 11.1 Å². The summed E-state index contributed by atoms with van der Waals surface area (Å²) < 4.78 is 37.2. The molecule has 0 aliphatic rings. The third kappa shape index (κ3) is 2.82. The first kappa shape index (κ1) is 14.1. The van der Waals surface area contributed by atoms with Crippen molar-refractivity contribution in [2.75, 3.05) is 6.26 Å². The Labute approximate surface area is 115 Å². The van der Waals surface area contributed by atoms with Gasteiger partial charge in [0.2, 0.25) is 6.08 Å². The molecule has 2 aromatic rings. The molecule has 0 atom stereocenters. The molecule has 0 N–H and O–H groups in total. The van der Waals surface area contributed by atoms with Gasteiger partial charge in [0.15, 0.2) is 9.84 Å². The highest BCUT2D eigenvalue weighted by Gasteiger charge is 2.15. The monoisotopic (exact) mass is 291 g/mol. The summed E-state index contributed by atoms with van der Waals surface area (Å²) in [6.07, 6.45) is 2.35. The highest BCUT2D eigenvalue weighted by Crippen LogP contribution is 2.30. The van der Waals surface area contributed by atoms with Crippen LogP contribution in [0.25, 0.3) is 11.1 Å². The molecule has 0 fully saturated rings. The maximum Gasteiger partial charge on any atom is 0.240 e. The molecule has 20 heavy (non-hydrogen) atoms. The van der Waals surface area contributed by atoms with E-state index in [2.05, 4.69) is 4.99 Å². The minimum absolute atomic E-state index is 0.117. The van der Waals surface area contributed by atoms with Crippen molar-refractivity contribution < 1.29 is 17.6 Å². The van der Waals surface area contributed by atoms with Crippen molar-refractivity contribution in [3.05, 3.63) is 48.3 Å². The topological polar surface area (TPSA) is 63.6 Å². The van der Waals surface area contributed by atoms with Crippen LogP contribution in [-0.4, -0.2) is 20.8 Å². The Bertz CT molecular complexity index is 809. The average molecular weight is 291 g/mol. The van der Waals surface area contributed by atoms with Crippen LogP contribution >= 0.6 is 0 Å². The first-order valence-electron chi connectivity index (χ1n) is 5.60. The first-order chi connectivity index (χ1) is 9.43. The number of sulfone groups is 1. The van der Waals surface area contributed by atoms with Gasteiger partial charge < -0.3 is 0 Å². The highest BCUT2D eigenvalue weighted by molar-refractivity contribution is 7.90. The standard InChI is InChI=1S/C14H10FNO3S/c1-20(18,19)14-5-3-2-4-11(14)10-6-7-13(16-9-17)12(15)8-10/h2-8H,1H3. The third-order valence-corrected chi connectivity index (χ3v) is 3.87. The van der Waals surface area contributed by atoms with Gasteiger partial charge in [-0.25, -0.2) is 17.6 Å². The second-order valence-corrected chi connectivity index (χ2v) is 6.12. The molecule has 0 unspecified atom stereocenters. The van der Waals surface area contributed by atoms with Gasteiger partial charge in [0.1, 0.15) is 11.5 Å². The van der Waals surface area contributed by atoms with Crippen LogP contribution in [0.4, 0.5) is 10.1 Å². The Kier molecular flexibility index (Phi) is 3.79. The zero-order chi connectivity index (χ0) is 14.8. The van der Waals surface area contributed by atoms with Crippen molar-refractivity contribution in [1.82, 2.24) is 0 Å².